The molecule has 0 aromatic carbocycles. The maximum Gasteiger partial charge on any atom is 0.147 e. The minimum Gasteiger partial charge on any atom is -0.337 e. The number of hydrogen-bond donors (Lipinski definition) is 0. The highest BCUT2D eigenvalue weighted by Gasteiger charge is 2.22. The SMILES string of the molecule is Cn1ccnc1CN1CCCn2c(CN3CCCCC3)nnc2C1. The molecule has 2 aromatic heterocycles. The van der Waals surface area contributed by atoms with E-state index >= 15 is 0 Å². The number of aromatic nitrogens is 5. The molecular weight excluding hydrogens is 302 g/mol. The van der Waals surface area contributed by atoms with E-state index in [2.05, 4.69) is 41.2 Å². The van der Waals surface area contributed by atoms with Crippen LogP contribution < -0.4 is 0 Å². The fourth-order valence-corrected chi connectivity index (χ4v) is 3.80. The first-order valence-corrected chi connectivity index (χ1v) is 9.11. The molecule has 0 atom stereocenters. The van der Waals surface area contributed by atoms with Gasteiger partial charge in [0.25, 0.3) is 0 Å². The maximum absolute atomic E-state index is 4.51. The van der Waals surface area contributed by atoms with E-state index in [0.29, 0.717) is 0 Å². The molecule has 7 heteroatoms. The average molecular weight is 329 g/mol. The van der Waals surface area contributed by atoms with Crippen LogP contribution in [0.5, 0.6) is 0 Å². The minimum atomic E-state index is 0.861. The van der Waals surface area contributed by atoms with Crippen LogP contribution in [0.4, 0.5) is 0 Å². The van der Waals surface area contributed by atoms with Crippen molar-refractivity contribution < 1.29 is 0 Å². The zero-order valence-corrected chi connectivity index (χ0v) is 14.6. The molecule has 1 saturated heterocycles. The zero-order valence-electron chi connectivity index (χ0n) is 14.6. The van der Waals surface area contributed by atoms with Crippen molar-refractivity contribution in [3.8, 4) is 0 Å². The van der Waals surface area contributed by atoms with E-state index in [1.54, 1.807) is 0 Å². The van der Waals surface area contributed by atoms with Gasteiger partial charge in [0.2, 0.25) is 0 Å². The Hall–Kier alpha value is -1.73. The van der Waals surface area contributed by atoms with Crippen LogP contribution in [-0.4, -0.2) is 53.7 Å². The van der Waals surface area contributed by atoms with Gasteiger partial charge in [-0.05, 0) is 32.4 Å². The van der Waals surface area contributed by atoms with Crippen LogP contribution in [0.15, 0.2) is 12.4 Å². The molecule has 130 valence electrons. The van der Waals surface area contributed by atoms with Crippen molar-refractivity contribution in [1.82, 2.24) is 34.1 Å². The molecule has 0 bridgehead atoms. The number of aryl methyl sites for hydroxylation is 1. The molecule has 0 amide bonds. The molecule has 0 radical (unpaired) electrons. The van der Waals surface area contributed by atoms with Gasteiger partial charge in [0.1, 0.15) is 17.5 Å². The Kier molecular flexibility index (Phi) is 4.62. The second-order valence-corrected chi connectivity index (χ2v) is 7.04. The van der Waals surface area contributed by atoms with Crippen molar-refractivity contribution >= 4 is 0 Å². The van der Waals surface area contributed by atoms with Crippen molar-refractivity contribution in [2.45, 2.75) is 51.9 Å². The molecule has 2 aliphatic rings. The van der Waals surface area contributed by atoms with Crippen molar-refractivity contribution in [3.05, 3.63) is 29.9 Å². The van der Waals surface area contributed by atoms with Gasteiger partial charge in [-0.25, -0.2) is 4.98 Å². The predicted octanol–water partition coefficient (Wildman–Crippen LogP) is 1.40. The van der Waals surface area contributed by atoms with Crippen LogP contribution >= 0.6 is 0 Å². The van der Waals surface area contributed by atoms with Gasteiger partial charge in [-0.2, -0.15) is 0 Å². The summed E-state index contributed by atoms with van der Waals surface area (Å²) in [7, 11) is 2.05. The molecule has 2 aliphatic heterocycles. The molecule has 4 rings (SSSR count). The standard InChI is InChI=1S/C17H27N7/c1-21-11-6-18-15(21)12-23-9-5-10-24-16(19-20-17(24)14-23)13-22-7-3-2-4-8-22/h6,11H,2-5,7-10,12-14H2,1H3. The molecule has 1 fully saturated rings. The lowest BCUT2D eigenvalue weighted by molar-refractivity contribution is 0.212. The largest absolute Gasteiger partial charge is 0.337 e. The van der Waals surface area contributed by atoms with Gasteiger partial charge < -0.3 is 9.13 Å². The fraction of sp³-hybridized carbons (Fsp3) is 0.706. The van der Waals surface area contributed by atoms with Crippen LogP contribution in [0.3, 0.4) is 0 Å². The quantitative estimate of drug-likeness (QED) is 0.849. The van der Waals surface area contributed by atoms with Crippen LogP contribution in [0.25, 0.3) is 0 Å². The van der Waals surface area contributed by atoms with E-state index in [9.17, 15) is 0 Å². The Morgan fingerprint density at radius 1 is 0.875 bits per heavy atom. The van der Waals surface area contributed by atoms with Gasteiger partial charge in [-0.1, -0.05) is 6.42 Å². The zero-order chi connectivity index (χ0) is 16.4. The molecule has 0 saturated carbocycles. The minimum absolute atomic E-state index is 0.861. The van der Waals surface area contributed by atoms with Gasteiger partial charge in [-0.15, -0.1) is 10.2 Å². The first-order valence-electron chi connectivity index (χ1n) is 9.11. The molecule has 24 heavy (non-hydrogen) atoms. The molecule has 0 spiro atoms. The molecule has 0 N–H and O–H groups in total. The summed E-state index contributed by atoms with van der Waals surface area (Å²) < 4.78 is 4.45. The number of hydrogen-bond acceptors (Lipinski definition) is 5. The van der Waals surface area contributed by atoms with Gasteiger partial charge in [-0.3, -0.25) is 9.80 Å². The Morgan fingerprint density at radius 3 is 2.46 bits per heavy atom. The number of likely N-dealkylation sites (tertiary alicyclic amines) is 1. The van der Waals surface area contributed by atoms with Gasteiger partial charge in [0, 0.05) is 32.5 Å². The Balaban J connectivity index is 1.45. The number of piperidine rings is 1. The van der Waals surface area contributed by atoms with E-state index in [4.69, 9.17) is 0 Å². The second-order valence-electron chi connectivity index (χ2n) is 7.04. The summed E-state index contributed by atoms with van der Waals surface area (Å²) in [6, 6.07) is 0. The smallest absolute Gasteiger partial charge is 0.147 e. The van der Waals surface area contributed by atoms with Crippen molar-refractivity contribution in [2.24, 2.45) is 7.05 Å². The lowest BCUT2D eigenvalue weighted by Gasteiger charge is -2.25. The fourth-order valence-electron chi connectivity index (χ4n) is 3.80. The van der Waals surface area contributed by atoms with E-state index in [-0.39, 0.29) is 0 Å². The summed E-state index contributed by atoms with van der Waals surface area (Å²) in [6.07, 6.45) is 9.02. The number of rotatable bonds is 4. The highest BCUT2D eigenvalue weighted by molar-refractivity contribution is 4.99. The summed E-state index contributed by atoms with van der Waals surface area (Å²) in [6.45, 7) is 7.20. The third kappa shape index (κ3) is 3.37. The molecule has 0 aliphatic carbocycles. The summed E-state index contributed by atoms with van der Waals surface area (Å²) in [4.78, 5) is 9.41. The Labute approximate surface area is 143 Å². The average Bonchev–Trinajstić information content (AvgIpc) is 3.09. The number of fused-ring (bicyclic) bond motifs is 1. The summed E-state index contributed by atoms with van der Waals surface area (Å²) >= 11 is 0. The lowest BCUT2D eigenvalue weighted by atomic mass is 10.1. The monoisotopic (exact) mass is 329 g/mol. The summed E-state index contributed by atoms with van der Waals surface area (Å²) in [5.41, 5.74) is 0. The van der Waals surface area contributed by atoms with Crippen molar-refractivity contribution in [1.29, 1.82) is 0 Å². The van der Waals surface area contributed by atoms with Crippen LogP contribution in [0.2, 0.25) is 0 Å². The van der Waals surface area contributed by atoms with Gasteiger partial charge >= 0.3 is 0 Å². The third-order valence-electron chi connectivity index (χ3n) is 5.22. The number of nitrogens with zero attached hydrogens (tertiary/aromatic N) is 7. The van der Waals surface area contributed by atoms with Crippen molar-refractivity contribution in [2.75, 3.05) is 19.6 Å². The van der Waals surface area contributed by atoms with Gasteiger partial charge in [0.15, 0.2) is 0 Å². The molecule has 4 heterocycles. The van der Waals surface area contributed by atoms with Crippen molar-refractivity contribution in [3.63, 3.8) is 0 Å². The molecular formula is C17H27N7. The summed E-state index contributed by atoms with van der Waals surface area (Å²) in [5.74, 6) is 3.36. The van der Waals surface area contributed by atoms with E-state index in [1.807, 2.05) is 12.4 Å². The lowest BCUT2D eigenvalue weighted by Crippen LogP contribution is -2.30. The third-order valence-corrected chi connectivity index (χ3v) is 5.22. The van der Waals surface area contributed by atoms with Crippen LogP contribution in [0.1, 0.15) is 43.2 Å². The number of imidazole rings is 1. The molecule has 2 aromatic rings. The molecule has 0 unspecified atom stereocenters. The highest BCUT2D eigenvalue weighted by atomic mass is 15.3. The van der Waals surface area contributed by atoms with Crippen LogP contribution in [-0.2, 0) is 33.2 Å². The predicted molar refractivity (Wildman–Crippen MR) is 91.1 cm³/mol. The van der Waals surface area contributed by atoms with E-state index < -0.39 is 0 Å². The maximum atomic E-state index is 4.51. The van der Waals surface area contributed by atoms with E-state index in [1.165, 1.54) is 32.4 Å². The first-order chi connectivity index (χ1) is 11.8. The van der Waals surface area contributed by atoms with E-state index in [0.717, 1.165) is 56.6 Å². The highest BCUT2D eigenvalue weighted by Crippen LogP contribution is 2.17. The normalized spacial score (nSPS) is 20.0. The molecule has 7 nitrogen and oxygen atoms in total. The Bertz CT molecular complexity index is 668. The van der Waals surface area contributed by atoms with Gasteiger partial charge in [0.05, 0.1) is 19.6 Å². The Morgan fingerprint density at radius 2 is 1.67 bits per heavy atom. The summed E-state index contributed by atoms with van der Waals surface area (Å²) in [5, 5.41) is 9.01. The van der Waals surface area contributed by atoms with Crippen LogP contribution in [0, 0.1) is 0 Å². The first kappa shape index (κ1) is 15.8. The second kappa shape index (κ2) is 7.03. The topological polar surface area (TPSA) is 55.0 Å².